The van der Waals surface area contributed by atoms with Gasteiger partial charge in [-0.15, -0.1) is 0 Å². The molecule has 0 aromatic heterocycles. The van der Waals surface area contributed by atoms with Gasteiger partial charge in [-0.25, -0.2) is 8.78 Å². The lowest BCUT2D eigenvalue weighted by Crippen LogP contribution is -1.99. The number of halogens is 2. The molecule has 25 heavy (non-hydrogen) atoms. The van der Waals surface area contributed by atoms with Crippen LogP contribution in [0.3, 0.4) is 0 Å². The molecule has 0 saturated heterocycles. The van der Waals surface area contributed by atoms with Crippen LogP contribution in [0.4, 0.5) is 14.5 Å². The van der Waals surface area contributed by atoms with Gasteiger partial charge in [0, 0.05) is 0 Å². The minimum Gasteiger partial charge on any atom is -0.486 e. The number of rotatable bonds is 6. The Labute approximate surface area is 144 Å². The van der Waals surface area contributed by atoms with Crippen molar-refractivity contribution in [3.63, 3.8) is 0 Å². The highest BCUT2D eigenvalue weighted by Crippen LogP contribution is 2.19. The fraction of sp³-hybridized carbons (Fsp3) is 0.0500. The molecule has 3 aromatic rings. The molecule has 0 fully saturated rings. The van der Waals surface area contributed by atoms with Gasteiger partial charge < -0.3 is 4.74 Å². The number of hydrogen-bond donors (Lipinski definition) is 1. The van der Waals surface area contributed by atoms with E-state index in [1.165, 1.54) is 30.5 Å². The summed E-state index contributed by atoms with van der Waals surface area (Å²) >= 11 is 0. The van der Waals surface area contributed by atoms with Gasteiger partial charge in [0.25, 0.3) is 0 Å². The second-order valence-corrected chi connectivity index (χ2v) is 5.34. The molecule has 0 spiro atoms. The topological polar surface area (TPSA) is 33.6 Å². The number of hydrogen-bond acceptors (Lipinski definition) is 3. The summed E-state index contributed by atoms with van der Waals surface area (Å²) in [4.78, 5) is 0. The van der Waals surface area contributed by atoms with Crippen LogP contribution in [-0.2, 0) is 6.61 Å². The van der Waals surface area contributed by atoms with Crippen molar-refractivity contribution in [1.82, 2.24) is 0 Å². The SMILES string of the molecule is Fc1cccc(COc2ccc(C=NNc3ccccc3)cc2F)c1. The molecule has 0 aliphatic carbocycles. The number of nitrogens with one attached hydrogen (secondary N) is 1. The minimum atomic E-state index is -0.500. The Hall–Kier alpha value is -3.21. The average Bonchev–Trinajstić information content (AvgIpc) is 2.62. The molecule has 0 aliphatic rings. The van der Waals surface area contributed by atoms with Gasteiger partial charge in [-0.3, -0.25) is 5.43 Å². The van der Waals surface area contributed by atoms with Gasteiger partial charge in [-0.05, 0) is 53.6 Å². The van der Waals surface area contributed by atoms with E-state index >= 15 is 0 Å². The van der Waals surface area contributed by atoms with E-state index < -0.39 is 5.82 Å². The number of para-hydroxylation sites is 1. The standard InChI is InChI=1S/C20H16F2N2O/c21-17-6-4-5-16(11-17)14-25-20-10-9-15(12-19(20)22)13-23-24-18-7-2-1-3-8-18/h1-13,24H,14H2. The fourth-order valence-corrected chi connectivity index (χ4v) is 2.20. The van der Waals surface area contributed by atoms with E-state index in [0.717, 1.165) is 5.69 Å². The Morgan fingerprint density at radius 2 is 1.76 bits per heavy atom. The van der Waals surface area contributed by atoms with Crippen LogP contribution in [-0.4, -0.2) is 6.21 Å². The van der Waals surface area contributed by atoms with Crippen molar-refractivity contribution in [3.05, 3.63) is 95.6 Å². The molecule has 0 aliphatic heterocycles. The van der Waals surface area contributed by atoms with Crippen LogP contribution in [0.2, 0.25) is 0 Å². The fourth-order valence-electron chi connectivity index (χ4n) is 2.20. The van der Waals surface area contributed by atoms with E-state index in [2.05, 4.69) is 10.5 Å². The first-order valence-electron chi connectivity index (χ1n) is 7.71. The summed E-state index contributed by atoms with van der Waals surface area (Å²) in [6.07, 6.45) is 1.52. The van der Waals surface area contributed by atoms with Crippen LogP contribution in [0.1, 0.15) is 11.1 Å². The smallest absolute Gasteiger partial charge is 0.165 e. The number of anilines is 1. The summed E-state index contributed by atoms with van der Waals surface area (Å²) in [6, 6.07) is 20.0. The summed E-state index contributed by atoms with van der Waals surface area (Å²) in [5.41, 5.74) is 4.93. The van der Waals surface area contributed by atoms with Gasteiger partial charge >= 0.3 is 0 Å². The van der Waals surface area contributed by atoms with Gasteiger partial charge in [0.1, 0.15) is 12.4 Å². The molecule has 3 nitrogen and oxygen atoms in total. The molecule has 3 aromatic carbocycles. The Morgan fingerprint density at radius 1 is 0.920 bits per heavy atom. The van der Waals surface area contributed by atoms with Crippen LogP contribution >= 0.6 is 0 Å². The predicted octanol–water partition coefficient (Wildman–Crippen LogP) is 4.99. The highest BCUT2D eigenvalue weighted by molar-refractivity contribution is 5.80. The van der Waals surface area contributed by atoms with Crippen molar-refractivity contribution in [2.24, 2.45) is 5.10 Å². The summed E-state index contributed by atoms with van der Waals surface area (Å²) in [5.74, 6) is -0.739. The lowest BCUT2D eigenvalue weighted by Gasteiger charge is -2.08. The summed E-state index contributed by atoms with van der Waals surface area (Å²) < 4.78 is 32.6. The maximum absolute atomic E-state index is 14.1. The molecule has 0 unspecified atom stereocenters. The van der Waals surface area contributed by atoms with Crippen LogP contribution in [0.15, 0.2) is 77.9 Å². The highest BCUT2D eigenvalue weighted by atomic mass is 19.1. The summed E-state index contributed by atoms with van der Waals surface area (Å²) in [7, 11) is 0. The van der Waals surface area contributed by atoms with Crippen LogP contribution < -0.4 is 10.2 Å². The zero-order valence-electron chi connectivity index (χ0n) is 13.3. The minimum absolute atomic E-state index is 0.0949. The second-order valence-electron chi connectivity index (χ2n) is 5.34. The van der Waals surface area contributed by atoms with E-state index in [-0.39, 0.29) is 18.2 Å². The monoisotopic (exact) mass is 338 g/mol. The van der Waals surface area contributed by atoms with Crippen molar-refractivity contribution in [2.75, 3.05) is 5.43 Å². The van der Waals surface area contributed by atoms with Crippen LogP contribution in [0, 0.1) is 11.6 Å². The maximum Gasteiger partial charge on any atom is 0.165 e. The zero-order chi connectivity index (χ0) is 17.5. The number of nitrogens with zero attached hydrogens (tertiary/aromatic N) is 1. The number of benzene rings is 3. The quantitative estimate of drug-likeness (QED) is 0.507. The van der Waals surface area contributed by atoms with Crippen molar-refractivity contribution in [2.45, 2.75) is 6.61 Å². The molecular formula is C20H16F2N2O. The molecule has 0 bridgehead atoms. The largest absolute Gasteiger partial charge is 0.486 e. The highest BCUT2D eigenvalue weighted by Gasteiger charge is 2.05. The second kappa shape index (κ2) is 8.06. The van der Waals surface area contributed by atoms with E-state index in [9.17, 15) is 8.78 Å². The number of hydrazone groups is 1. The first kappa shape index (κ1) is 16.6. The number of ether oxygens (including phenoxy) is 1. The summed E-state index contributed by atoms with van der Waals surface area (Å²) in [5, 5.41) is 4.06. The van der Waals surface area contributed by atoms with E-state index in [1.807, 2.05) is 30.3 Å². The first-order chi connectivity index (χ1) is 12.2. The van der Waals surface area contributed by atoms with Gasteiger partial charge in [0.2, 0.25) is 0 Å². The van der Waals surface area contributed by atoms with Crippen molar-refractivity contribution < 1.29 is 13.5 Å². The Morgan fingerprint density at radius 3 is 2.52 bits per heavy atom. The van der Waals surface area contributed by atoms with Gasteiger partial charge in [-0.1, -0.05) is 30.3 Å². The zero-order valence-corrected chi connectivity index (χ0v) is 13.3. The molecule has 126 valence electrons. The summed E-state index contributed by atoms with van der Waals surface area (Å²) in [6.45, 7) is 0.0949. The molecular weight excluding hydrogens is 322 g/mol. The van der Waals surface area contributed by atoms with E-state index in [4.69, 9.17) is 4.74 Å². The lowest BCUT2D eigenvalue weighted by molar-refractivity contribution is 0.290. The van der Waals surface area contributed by atoms with Crippen LogP contribution in [0.25, 0.3) is 0 Å². The van der Waals surface area contributed by atoms with Crippen molar-refractivity contribution >= 4 is 11.9 Å². The third kappa shape index (κ3) is 4.88. The predicted molar refractivity (Wildman–Crippen MR) is 94.8 cm³/mol. The molecule has 0 saturated carbocycles. The van der Waals surface area contributed by atoms with Gasteiger partial charge in [0.05, 0.1) is 11.9 Å². The molecule has 0 atom stereocenters. The third-order valence-electron chi connectivity index (χ3n) is 3.42. The van der Waals surface area contributed by atoms with E-state index in [1.54, 1.807) is 18.2 Å². The van der Waals surface area contributed by atoms with Crippen molar-refractivity contribution in [3.8, 4) is 5.75 Å². The molecule has 3 rings (SSSR count). The molecule has 0 heterocycles. The molecule has 5 heteroatoms. The third-order valence-corrected chi connectivity index (χ3v) is 3.42. The Balaban J connectivity index is 1.60. The van der Waals surface area contributed by atoms with Crippen molar-refractivity contribution in [1.29, 1.82) is 0 Å². The van der Waals surface area contributed by atoms with Crippen LogP contribution in [0.5, 0.6) is 5.75 Å². The van der Waals surface area contributed by atoms with Gasteiger partial charge in [0.15, 0.2) is 11.6 Å². The molecule has 0 amide bonds. The normalized spacial score (nSPS) is 10.8. The van der Waals surface area contributed by atoms with Gasteiger partial charge in [-0.2, -0.15) is 5.10 Å². The first-order valence-corrected chi connectivity index (χ1v) is 7.71. The maximum atomic E-state index is 14.1. The molecule has 1 N–H and O–H groups in total. The lowest BCUT2D eigenvalue weighted by atomic mass is 10.2. The van der Waals surface area contributed by atoms with E-state index in [0.29, 0.717) is 11.1 Å². The average molecular weight is 338 g/mol. The Bertz CT molecular complexity index is 867. The molecule has 0 radical (unpaired) electrons. The Kier molecular flexibility index (Phi) is 5.36.